The highest BCUT2D eigenvalue weighted by Crippen LogP contribution is 2.13. The van der Waals surface area contributed by atoms with Crippen molar-refractivity contribution in [3.63, 3.8) is 0 Å². The number of amides is 1. The van der Waals surface area contributed by atoms with Gasteiger partial charge in [0.1, 0.15) is 0 Å². The van der Waals surface area contributed by atoms with Crippen LogP contribution in [0, 0.1) is 0 Å². The maximum atomic E-state index is 11.7. The van der Waals surface area contributed by atoms with Crippen LogP contribution in [0.3, 0.4) is 0 Å². The molecule has 0 fully saturated rings. The zero-order valence-corrected chi connectivity index (χ0v) is 12.9. The van der Waals surface area contributed by atoms with E-state index < -0.39 is 0 Å². The van der Waals surface area contributed by atoms with Crippen LogP contribution in [0.25, 0.3) is 0 Å². The zero-order valence-electron chi connectivity index (χ0n) is 12.9. The van der Waals surface area contributed by atoms with Crippen LogP contribution in [-0.4, -0.2) is 18.2 Å². The second kappa shape index (κ2) is 10.6. The minimum absolute atomic E-state index is 0.0859. The molecule has 114 valence electrons. The lowest BCUT2D eigenvalue weighted by molar-refractivity contribution is -0.121. The molecule has 0 aliphatic carbocycles. The summed E-state index contributed by atoms with van der Waals surface area (Å²) in [6.45, 7) is 2.82. The van der Waals surface area contributed by atoms with E-state index in [4.69, 9.17) is 0 Å². The summed E-state index contributed by atoms with van der Waals surface area (Å²) < 4.78 is 0. The van der Waals surface area contributed by atoms with Gasteiger partial charge in [0.05, 0.1) is 0 Å². The SMILES string of the molecule is C/C1=C\C(=O)CCCC(=O)NCCCCCCCCC1. The van der Waals surface area contributed by atoms with Crippen LogP contribution in [0.4, 0.5) is 0 Å². The Bertz CT molecular complexity index is 334. The molecule has 0 aromatic carbocycles. The van der Waals surface area contributed by atoms with Crippen molar-refractivity contribution in [1.82, 2.24) is 5.32 Å². The van der Waals surface area contributed by atoms with Gasteiger partial charge in [0.15, 0.2) is 5.78 Å². The van der Waals surface area contributed by atoms with Crippen molar-refractivity contribution in [2.45, 2.75) is 77.6 Å². The molecule has 0 unspecified atom stereocenters. The van der Waals surface area contributed by atoms with Crippen molar-refractivity contribution in [1.29, 1.82) is 0 Å². The normalized spacial score (nSPS) is 24.4. The number of hydrogen-bond acceptors (Lipinski definition) is 2. The molecule has 0 saturated carbocycles. The summed E-state index contributed by atoms with van der Waals surface area (Å²) in [5.41, 5.74) is 1.18. The Hall–Kier alpha value is -1.12. The third-order valence-corrected chi connectivity index (χ3v) is 3.80. The average Bonchev–Trinajstić information content (AvgIpc) is 2.40. The number of rotatable bonds is 0. The van der Waals surface area contributed by atoms with Crippen LogP contribution in [0.5, 0.6) is 0 Å². The van der Waals surface area contributed by atoms with Crippen LogP contribution in [0.1, 0.15) is 77.6 Å². The summed E-state index contributed by atoms with van der Waals surface area (Å²) in [5.74, 6) is 0.252. The van der Waals surface area contributed by atoms with Gasteiger partial charge in [-0.2, -0.15) is 0 Å². The Morgan fingerprint density at radius 2 is 1.45 bits per heavy atom. The van der Waals surface area contributed by atoms with Gasteiger partial charge in [0.2, 0.25) is 5.91 Å². The number of carbonyl (C=O) groups excluding carboxylic acids is 2. The largest absolute Gasteiger partial charge is 0.356 e. The van der Waals surface area contributed by atoms with E-state index in [2.05, 4.69) is 5.32 Å². The summed E-state index contributed by atoms with van der Waals surface area (Å²) >= 11 is 0. The van der Waals surface area contributed by atoms with Crippen molar-refractivity contribution < 1.29 is 9.59 Å². The first-order chi connectivity index (χ1) is 9.68. The van der Waals surface area contributed by atoms with E-state index in [0.29, 0.717) is 19.3 Å². The topological polar surface area (TPSA) is 46.2 Å². The summed E-state index contributed by atoms with van der Waals surface area (Å²) in [7, 11) is 0. The number of allylic oxidation sites excluding steroid dienone is 2. The van der Waals surface area contributed by atoms with Crippen LogP contribution >= 0.6 is 0 Å². The first-order valence-corrected chi connectivity index (χ1v) is 8.15. The zero-order chi connectivity index (χ0) is 14.6. The van der Waals surface area contributed by atoms with E-state index >= 15 is 0 Å². The van der Waals surface area contributed by atoms with Crippen LogP contribution in [0.15, 0.2) is 11.6 Å². The Labute approximate surface area is 123 Å². The van der Waals surface area contributed by atoms with E-state index in [-0.39, 0.29) is 11.7 Å². The fourth-order valence-corrected chi connectivity index (χ4v) is 2.57. The summed E-state index contributed by atoms with van der Waals surface area (Å²) in [6.07, 6.45) is 13.0. The molecule has 0 spiro atoms. The molecule has 1 heterocycles. The number of nitrogens with one attached hydrogen (secondary N) is 1. The fraction of sp³-hybridized carbons (Fsp3) is 0.765. The van der Waals surface area contributed by atoms with Gasteiger partial charge in [0, 0.05) is 19.4 Å². The molecule has 0 aromatic rings. The molecule has 3 nitrogen and oxygen atoms in total. The van der Waals surface area contributed by atoms with E-state index in [1.165, 1.54) is 44.1 Å². The molecule has 0 bridgehead atoms. The average molecular weight is 279 g/mol. The van der Waals surface area contributed by atoms with Gasteiger partial charge in [-0.05, 0) is 38.7 Å². The molecule has 3 heteroatoms. The summed E-state index contributed by atoms with van der Waals surface area (Å²) in [5, 5.41) is 2.93. The maximum absolute atomic E-state index is 11.7. The van der Waals surface area contributed by atoms with Crippen molar-refractivity contribution >= 4 is 11.7 Å². The highest BCUT2D eigenvalue weighted by molar-refractivity contribution is 5.90. The molecule has 1 aliphatic heterocycles. The Morgan fingerprint density at radius 1 is 0.800 bits per heavy atom. The highest BCUT2D eigenvalue weighted by atomic mass is 16.1. The molecular formula is C17H29NO2. The van der Waals surface area contributed by atoms with Gasteiger partial charge >= 0.3 is 0 Å². The number of carbonyl (C=O) groups is 2. The molecule has 0 atom stereocenters. The lowest BCUT2D eigenvalue weighted by atomic mass is 10.0. The lowest BCUT2D eigenvalue weighted by Gasteiger charge is -2.04. The predicted molar refractivity (Wildman–Crippen MR) is 82.6 cm³/mol. The van der Waals surface area contributed by atoms with E-state index in [1.54, 1.807) is 6.08 Å². The second-order valence-electron chi connectivity index (χ2n) is 5.89. The highest BCUT2D eigenvalue weighted by Gasteiger charge is 2.04. The van der Waals surface area contributed by atoms with Crippen molar-refractivity contribution in [2.24, 2.45) is 0 Å². The molecule has 1 amide bonds. The first-order valence-electron chi connectivity index (χ1n) is 8.15. The van der Waals surface area contributed by atoms with Gasteiger partial charge in [-0.25, -0.2) is 0 Å². The smallest absolute Gasteiger partial charge is 0.220 e. The van der Waals surface area contributed by atoms with Gasteiger partial charge in [-0.3, -0.25) is 9.59 Å². The molecule has 0 aromatic heterocycles. The molecule has 20 heavy (non-hydrogen) atoms. The number of ketones is 1. The molecule has 1 rings (SSSR count). The van der Waals surface area contributed by atoms with Gasteiger partial charge < -0.3 is 5.32 Å². The van der Waals surface area contributed by atoms with Crippen molar-refractivity contribution in [3.05, 3.63) is 11.6 Å². The minimum Gasteiger partial charge on any atom is -0.356 e. The van der Waals surface area contributed by atoms with Crippen LogP contribution in [0.2, 0.25) is 0 Å². The quantitative estimate of drug-likeness (QED) is 0.730. The summed E-state index contributed by atoms with van der Waals surface area (Å²) in [4.78, 5) is 23.3. The third kappa shape index (κ3) is 8.89. The van der Waals surface area contributed by atoms with Crippen LogP contribution in [-0.2, 0) is 9.59 Å². The summed E-state index contributed by atoms with van der Waals surface area (Å²) in [6, 6.07) is 0. The fourth-order valence-electron chi connectivity index (χ4n) is 2.57. The van der Waals surface area contributed by atoms with Crippen molar-refractivity contribution in [3.8, 4) is 0 Å². The van der Waals surface area contributed by atoms with Gasteiger partial charge in [-0.1, -0.05) is 37.7 Å². The van der Waals surface area contributed by atoms with Crippen LogP contribution < -0.4 is 5.32 Å². The molecule has 0 radical (unpaired) electrons. The standard InChI is InChI=1S/C17H29NO2/c1-15-10-7-5-3-2-4-6-8-13-18-17(20)12-9-11-16(19)14-15/h14H,2-13H2,1H3,(H,18,20)/b15-14+. The first kappa shape index (κ1) is 16.9. The Kier molecular flexibility index (Phi) is 9.01. The molecule has 0 saturated heterocycles. The second-order valence-corrected chi connectivity index (χ2v) is 5.89. The molecular weight excluding hydrogens is 250 g/mol. The predicted octanol–water partition coefficient (Wildman–Crippen LogP) is 3.92. The lowest BCUT2D eigenvalue weighted by Crippen LogP contribution is -2.24. The van der Waals surface area contributed by atoms with E-state index in [1.807, 2.05) is 6.92 Å². The minimum atomic E-state index is 0.0859. The van der Waals surface area contributed by atoms with E-state index in [9.17, 15) is 9.59 Å². The number of hydrogen-bond donors (Lipinski definition) is 1. The van der Waals surface area contributed by atoms with Gasteiger partial charge in [0.25, 0.3) is 0 Å². The van der Waals surface area contributed by atoms with E-state index in [0.717, 1.165) is 19.4 Å². The molecule has 1 aliphatic rings. The Balaban J connectivity index is 2.39. The monoisotopic (exact) mass is 279 g/mol. The Morgan fingerprint density at radius 3 is 2.20 bits per heavy atom. The maximum Gasteiger partial charge on any atom is 0.220 e. The third-order valence-electron chi connectivity index (χ3n) is 3.80. The molecule has 1 N–H and O–H groups in total. The van der Waals surface area contributed by atoms with Crippen molar-refractivity contribution in [2.75, 3.05) is 6.54 Å². The van der Waals surface area contributed by atoms with Gasteiger partial charge in [-0.15, -0.1) is 0 Å².